The first kappa shape index (κ1) is 15.1. The molecule has 0 spiro atoms. The van der Waals surface area contributed by atoms with E-state index in [4.69, 9.17) is 14.0 Å². The van der Waals surface area contributed by atoms with Gasteiger partial charge in [0.2, 0.25) is 0 Å². The smallest absolute Gasteiger partial charge is 0.176 e. The van der Waals surface area contributed by atoms with Gasteiger partial charge in [-0.15, -0.1) is 0 Å². The summed E-state index contributed by atoms with van der Waals surface area (Å²) in [5, 5.41) is 13.9. The van der Waals surface area contributed by atoms with Crippen LogP contribution >= 0.6 is 0 Å². The van der Waals surface area contributed by atoms with Gasteiger partial charge in [0.1, 0.15) is 17.2 Å². The van der Waals surface area contributed by atoms with E-state index in [-0.39, 0.29) is 6.61 Å². The van der Waals surface area contributed by atoms with Crippen LogP contribution in [0, 0.1) is 0 Å². The van der Waals surface area contributed by atoms with E-state index in [9.17, 15) is 5.11 Å². The van der Waals surface area contributed by atoms with Gasteiger partial charge in [-0.2, -0.15) is 0 Å². The number of aliphatic hydroxyl groups is 1. The zero-order valence-electron chi connectivity index (χ0n) is 12.9. The quantitative estimate of drug-likeness (QED) is 0.781. The van der Waals surface area contributed by atoms with Crippen molar-refractivity contribution in [2.24, 2.45) is 0 Å². The molecular weight excluding hydrogens is 294 g/mol. The largest absolute Gasteiger partial charge is 0.497 e. The molecule has 1 aromatic heterocycles. The Labute approximate surface area is 134 Å². The average Bonchev–Trinajstić information content (AvgIpc) is 3.05. The first-order valence-electron chi connectivity index (χ1n) is 7.15. The molecule has 0 saturated carbocycles. The molecule has 0 fully saturated rings. The Morgan fingerprint density at radius 3 is 2.48 bits per heavy atom. The first-order chi connectivity index (χ1) is 11.3. The molecule has 1 heterocycles. The maximum Gasteiger partial charge on any atom is 0.176 e. The van der Waals surface area contributed by atoms with Crippen LogP contribution in [0.15, 0.2) is 53.1 Å². The van der Waals surface area contributed by atoms with Crippen molar-refractivity contribution in [3.05, 3.63) is 54.1 Å². The van der Waals surface area contributed by atoms with Crippen molar-refractivity contribution in [1.29, 1.82) is 0 Å². The van der Waals surface area contributed by atoms with Gasteiger partial charge in [-0.25, -0.2) is 0 Å². The van der Waals surface area contributed by atoms with Crippen LogP contribution in [0.3, 0.4) is 0 Å². The van der Waals surface area contributed by atoms with Crippen LogP contribution in [0.4, 0.5) is 0 Å². The van der Waals surface area contributed by atoms with Gasteiger partial charge in [-0.3, -0.25) is 0 Å². The Balaban J connectivity index is 2.13. The highest BCUT2D eigenvalue weighted by atomic mass is 16.5. The molecule has 1 N–H and O–H groups in total. The second-order valence-corrected chi connectivity index (χ2v) is 4.93. The molecule has 3 aromatic rings. The molecule has 0 radical (unpaired) electrons. The summed E-state index contributed by atoms with van der Waals surface area (Å²) in [6.07, 6.45) is 0. The second-order valence-electron chi connectivity index (χ2n) is 4.93. The number of aliphatic hydroxyl groups excluding tert-OH is 1. The van der Waals surface area contributed by atoms with Crippen molar-refractivity contribution in [2.75, 3.05) is 14.2 Å². The topological polar surface area (TPSA) is 64.7 Å². The number of nitrogens with zero attached hydrogens (tertiary/aromatic N) is 1. The normalized spacial score (nSPS) is 10.6. The van der Waals surface area contributed by atoms with E-state index < -0.39 is 0 Å². The summed E-state index contributed by atoms with van der Waals surface area (Å²) < 4.78 is 16.1. The number of benzene rings is 2. The van der Waals surface area contributed by atoms with E-state index >= 15 is 0 Å². The summed E-state index contributed by atoms with van der Waals surface area (Å²) in [7, 11) is 3.17. The summed E-state index contributed by atoms with van der Waals surface area (Å²) in [4.78, 5) is 0. The number of rotatable bonds is 5. The standard InChI is InChI=1S/C18H17NO4/c1-21-13-8-9-14(16(10-13)22-2)18-15(11-20)17(19-23-18)12-6-4-3-5-7-12/h3-10,20H,11H2,1-2H3. The van der Waals surface area contributed by atoms with Crippen molar-refractivity contribution >= 4 is 0 Å². The minimum Gasteiger partial charge on any atom is -0.497 e. The van der Waals surface area contributed by atoms with Crippen LogP contribution in [0.2, 0.25) is 0 Å². The fraction of sp³-hybridized carbons (Fsp3) is 0.167. The monoisotopic (exact) mass is 311 g/mol. The van der Waals surface area contributed by atoms with Gasteiger partial charge < -0.3 is 19.1 Å². The molecule has 0 saturated heterocycles. The fourth-order valence-electron chi connectivity index (χ4n) is 2.48. The summed E-state index contributed by atoms with van der Waals surface area (Å²) in [5.41, 5.74) is 2.85. The van der Waals surface area contributed by atoms with Crippen molar-refractivity contribution in [3.8, 4) is 34.1 Å². The number of aromatic nitrogens is 1. The average molecular weight is 311 g/mol. The molecule has 0 atom stereocenters. The summed E-state index contributed by atoms with van der Waals surface area (Å²) >= 11 is 0. The highest BCUT2D eigenvalue weighted by molar-refractivity contribution is 5.76. The van der Waals surface area contributed by atoms with E-state index in [0.29, 0.717) is 34.1 Å². The highest BCUT2D eigenvalue weighted by Gasteiger charge is 2.21. The molecule has 0 aliphatic carbocycles. The van der Waals surface area contributed by atoms with Crippen LogP contribution in [0.1, 0.15) is 5.56 Å². The van der Waals surface area contributed by atoms with Crippen LogP contribution in [0.5, 0.6) is 11.5 Å². The first-order valence-corrected chi connectivity index (χ1v) is 7.15. The third kappa shape index (κ3) is 2.78. The maximum absolute atomic E-state index is 9.81. The lowest BCUT2D eigenvalue weighted by Crippen LogP contribution is -1.93. The highest BCUT2D eigenvalue weighted by Crippen LogP contribution is 2.38. The van der Waals surface area contributed by atoms with Crippen LogP contribution < -0.4 is 9.47 Å². The minimum absolute atomic E-state index is 0.182. The van der Waals surface area contributed by atoms with Crippen molar-refractivity contribution in [3.63, 3.8) is 0 Å². The molecule has 0 aliphatic heterocycles. The Morgan fingerprint density at radius 1 is 1.04 bits per heavy atom. The number of methoxy groups -OCH3 is 2. The van der Waals surface area contributed by atoms with Crippen molar-refractivity contribution in [2.45, 2.75) is 6.61 Å². The zero-order valence-corrected chi connectivity index (χ0v) is 12.9. The molecule has 5 heteroatoms. The second kappa shape index (κ2) is 6.54. The van der Waals surface area contributed by atoms with Crippen molar-refractivity contribution < 1.29 is 19.1 Å². The predicted molar refractivity (Wildman–Crippen MR) is 86.4 cm³/mol. The summed E-state index contributed by atoms with van der Waals surface area (Å²) in [6.45, 7) is -0.182. The molecule has 0 amide bonds. The maximum atomic E-state index is 9.81. The van der Waals surface area contributed by atoms with Gasteiger partial charge in [-0.05, 0) is 12.1 Å². The Bertz CT molecular complexity index is 796. The van der Waals surface area contributed by atoms with Gasteiger partial charge in [0.25, 0.3) is 0 Å². The number of hydrogen-bond donors (Lipinski definition) is 1. The van der Waals surface area contributed by atoms with Gasteiger partial charge in [0, 0.05) is 11.6 Å². The minimum atomic E-state index is -0.182. The van der Waals surface area contributed by atoms with E-state index in [1.807, 2.05) is 42.5 Å². The Morgan fingerprint density at radius 2 is 1.83 bits per heavy atom. The molecule has 2 aromatic carbocycles. The molecule has 118 valence electrons. The lowest BCUT2D eigenvalue weighted by atomic mass is 10.0. The van der Waals surface area contributed by atoms with Gasteiger partial charge in [-0.1, -0.05) is 35.5 Å². The van der Waals surface area contributed by atoms with E-state index in [1.54, 1.807) is 20.3 Å². The van der Waals surface area contributed by atoms with Gasteiger partial charge in [0.15, 0.2) is 5.76 Å². The zero-order chi connectivity index (χ0) is 16.2. The number of ether oxygens (including phenoxy) is 2. The number of hydrogen-bond acceptors (Lipinski definition) is 5. The predicted octanol–water partition coefficient (Wildman–Crippen LogP) is 3.52. The van der Waals surface area contributed by atoms with E-state index in [0.717, 1.165) is 5.56 Å². The van der Waals surface area contributed by atoms with E-state index in [1.165, 1.54) is 0 Å². The molecule has 0 bridgehead atoms. The SMILES string of the molecule is COc1ccc(-c2onc(-c3ccccc3)c2CO)c(OC)c1. The molecule has 0 aliphatic rings. The summed E-state index contributed by atoms with van der Waals surface area (Å²) in [6, 6.07) is 15.0. The van der Waals surface area contributed by atoms with E-state index in [2.05, 4.69) is 5.16 Å². The molecule has 23 heavy (non-hydrogen) atoms. The molecule has 5 nitrogen and oxygen atoms in total. The van der Waals surface area contributed by atoms with Crippen LogP contribution in [0.25, 0.3) is 22.6 Å². The van der Waals surface area contributed by atoms with Gasteiger partial charge >= 0.3 is 0 Å². The Hall–Kier alpha value is -2.79. The van der Waals surface area contributed by atoms with Crippen molar-refractivity contribution in [1.82, 2.24) is 5.16 Å². The van der Waals surface area contributed by atoms with Crippen LogP contribution in [-0.2, 0) is 6.61 Å². The van der Waals surface area contributed by atoms with Crippen LogP contribution in [-0.4, -0.2) is 24.5 Å². The fourth-order valence-corrected chi connectivity index (χ4v) is 2.48. The molecule has 3 rings (SSSR count). The lowest BCUT2D eigenvalue weighted by molar-refractivity contribution is 0.281. The summed E-state index contributed by atoms with van der Waals surface area (Å²) in [5.74, 6) is 1.76. The van der Waals surface area contributed by atoms with Gasteiger partial charge in [0.05, 0.1) is 32.0 Å². The Kier molecular flexibility index (Phi) is 4.30. The molecular formula is C18H17NO4. The third-order valence-corrected chi connectivity index (χ3v) is 3.65. The third-order valence-electron chi connectivity index (χ3n) is 3.65. The molecule has 0 unspecified atom stereocenters. The lowest BCUT2D eigenvalue weighted by Gasteiger charge is -2.09.